The molecule has 0 aliphatic heterocycles. The molecule has 0 aliphatic rings. The van der Waals surface area contributed by atoms with Gasteiger partial charge in [-0.15, -0.1) is 0 Å². The lowest BCUT2D eigenvalue weighted by atomic mass is 9.89. The second-order valence-electron chi connectivity index (χ2n) is 10.7. The summed E-state index contributed by atoms with van der Waals surface area (Å²) in [5.74, 6) is -0.420. The molecule has 1 N–H and O–H groups in total. The summed E-state index contributed by atoms with van der Waals surface area (Å²) in [7, 11) is 0. The number of amides is 2. The third kappa shape index (κ3) is 7.34. The number of benzene rings is 4. The van der Waals surface area contributed by atoms with Crippen LogP contribution >= 0.6 is 23.2 Å². The van der Waals surface area contributed by atoms with E-state index in [1.807, 2.05) is 105 Å². The van der Waals surface area contributed by atoms with Crippen molar-refractivity contribution < 1.29 is 9.59 Å². The van der Waals surface area contributed by atoms with E-state index in [1.54, 1.807) is 33.8 Å². The highest BCUT2D eigenvalue weighted by molar-refractivity contribution is 6.42. The summed E-state index contributed by atoms with van der Waals surface area (Å²) in [4.78, 5) is 29.5. The van der Waals surface area contributed by atoms with Crippen molar-refractivity contribution in [3.05, 3.63) is 136 Å². The number of hydrogen-bond acceptors (Lipinski definition) is 3. The predicted molar refractivity (Wildman–Crippen MR) is 174 cm³/mol. The standard InChI is InChI=1S/C35H32Cl2N4O2/c1-24(2)22-40(35(43)34(26-14-8-4-9-15-26)27-16-10-5-11-17-27)23-33(42)38-32-21-31(25-12-6-3-7-13-25)39-41(32)28-18-19-29(36)30(37)20-28/h3-21,24,34H,22-23H2,1-2H3,(H,38,42). The number of nitrogens with zero attached hydrogens (tertiary/aromatic N) is 3. The lowest BCUT2D eigenvalue weighted by Gasteiger charge is -2.29. The molecule has 2 amide bonds. The largest absolute Gasteiger partial charge is 0.332 e. The van der Waals surface area contributed by atoms with E-state index in [0.29, 0.717) is 33.8 Å². The number of anilines is 1. The molecule has 6 nitrogen and oxygen atoms in total. The van der Waals surface area contributed by atoms with Crippen molar-refractivity contribution in [3.63, 3.8) is 0 Å². The molecule has 0 saturated carbocycles. The van der Waals surface area contributed by atoms with Gasteiger partial charge in [0.2, 0.25) is 11.8 Å². The number of rotatable bonds is 10. The van der Waals surface area contributed by atoms with Crippen molar-refractivity contribution in [2.75, 3.05) is 18.4 Å². The van der Waals surface area contributed by atoms with E-state index in [4.69, 9.17) is 28.3 Å². The monoisotopic (exact) mass is 610 g/mol. The molecule has 218 valence electrons. The maximum absolute atomic E-state index is 14.2. The summed E-state index contributed by atoms with van der Waals surface area (Å²) in [5, 5.41) is 8.55. The van der Waals surface area contributed by atoms with Crippen LogP contribution in [0.2, 0.25) is 10.0 Å². The average Bonchev–Trinajstić information content (AvgIpc) is 3.43. The van der Waals surface area contributed by atoms with Crippen molar-refractivity contribution in [1.29, 1.82) is 0 Å². The van der Waals surface area contributed by atoms with E-state index in [0.717, 1.165) is 16.7 Å². The van der Waals surface area contributed by atoms with E-state index in [-0.39, 0.29) is 24.3 Å². The molecule has 4 aromatic carbocycles. The van der Waals surface area contributed by atoms with Gasteiger partial charge in [0.05, 0.1) is 33.9 Å². The van der Waals surface area contributed by atoms with Gasteiger partial charge in [0.15, 0.2) is 0 Å². The molecule has 0 atom stereocenters. The average molecular weight is 612 g/mol. The zero-order valence-corrected chi connectivity index (χ0v) is 25.5. The second kappa shape index (κ2) is 13.7. The fraction of sp³-hybridized carbons (Fsp3) is 0.171. The number of aromatic nitrogens is 2. The molecular weight excluding hydrogens is 579 g/mol. The first-order chi connectivity index (χ1) is 20.8. The van der Waals surface area contributed by atoms with Crippen LogP contribution in [0.25, 0.3) is 16.9 Å². The maximum atomic E-state index is 14.2. The van der Waals surface area contributed by atoms with E-state index in [2.05, 4.69) is 5.32 Å². The Labute approximate surface area is 261 Å². The molecule has 0 aliphatic carbocycles. The number of carbonyl (C=O) groups excluding carboxylic acids is 2. The smallest absolute Gasteiger partial charge is 0.245 e. The van der Waals surface area contributed by atoms with Crippen molar-refractivity contribution in [2.24, 2.45) is 5.92 Å². The first kappa shape index (κ1) is 30.1. The Kier molecular flexibility index (Phi) is 9.60. The zero-order chi connectivity index (χ0) is 30.3. The molecule has 8 heteroatoms. The van der Waals surface area contributed by atoms with Crippen LogP contribution in [0.5, 0.6) is 0 Å². The van der Waals surface area contributed by atoms with E-state index >= 15 is 0 Å². The van der Waals surface area contributed by atoms with Crippen LogP contribution in [0.15, 0.2) is 115 Å². The maximum Gasteiger partial charge on any atom is 0.245 e. The van der Waals surface area contributed by atoms with Crippen LogP contribution in [0.1, 0.15) is 30.9 Å². The van der Waals surface area contributed by atoms with E-state index in [1.165, 1.54) is 0 Å². The zero-order valence-electron chi connectivity index (χ0n) is 24.0. The summed E-state index contributed by atoms with van der Waals surface area (Å²) >= 11 is 12.5. The second-order valence-corrected chi connectivity index (χ2v) is 11.5. The molecule has 5 aromatic rings. The van der Waals surface area contributed by atoms with Crippen LogP contribution in [-0.4, -0.2) is 39.6 Å². The first-order valence-electron chi connectivity index (χ1n) is 14.1. The minimum atomic E-state index is -0.541. The van der Waals surface area contributed by atoms with Gasteiger partial charge in [0.1, 0.15) is 5.82 Å². The Morgan fingerprint density at radius 1 is 0.791 bits per heavy atom. The van der Waals surface area contributed by atoms with Gasteiger partial charge in [-0.05, 0) is 35.2 Å². The van der Waals surface area contributed by atoms with Gasteiger partial charge in [-0.1, -0.05) is 128 Å². The van der Waals surface area contributed by atoms with Crippen LogP contribution < -0.4 is 5.32 Å². The summed E-state index contributed by atoms with van der Waals surface area (Å²) in [6, 6.07) is 36.0. The highest BCUT2D eigenvalue weighted by atomic mass is 35.5. The van der Waals surface area contributed by atoms with Crippen LogP contribution in [0, 0.1) is 5.92 Å². The fourth-order valence-corrected chi connectivity index (χ4v) is 5.31. The Morgan fingerprint density at radius 2 is 1.37 bits per heavy atom. The summed E-state index contributed by atoms with van der Waals surface area (Å²) in [5.41, 5.74) is 3.94. The summed E-state index contributed by atoms with van der Waals surface area (Å²) < 4.78 is 1.62. The van der Waals surface area contributed by atoms with Gasteiger partial charge >= 0.3 is 0 Å². The SMILES string of the molecule is CC(C)CN(CC(=O)Nc1cc(-c2ccccc2)nn1-c1ccc(Cl)c(Cl)c1)C(=O)C(c1ccccc1)c1ccccc1. The van der Waals surface area contributed by atoms with Crippen LogP contribution in [0.3, 0.4) is 0 Å². The Hall–Kier alpha value is -4.39. The number of halogens is 2. The molecule has 0 radical (unpaired) electrons. The molecule has 0 fully saturated rings. The minimum absolute atomic E-state index is 0.125. The summed E-state index contributed by atoms with van der Waals surface area (Å²) in [6.45, 7) is 4.36. The Morgan fingerprint density at radius 3 is 1.93 bits per heavy atom. The van der Waals surface area contributed by atoms with Crippen LogP contribution in [0.4, 0.5) is 5.82 Å². The summed E-state index contributed by atoms with van der Waals surface area (Å²) in [6.07, 6.45) is 0. The van der Waals surface area contributed by atoms with Crippen molar-refractivity contribution >= 4 is 40.8 Å². The fourth-order valence-electron chi connectivity index (χ4n) is 5.01. The number of carbonyl (C=O) groups is 2. The molecule has 43 heavy (non-hydrogen) atoms. The highest BCUT2D eigenvalue weighted by Crippen LogP contribution is 2.30. The van der Waals surface area contributed by atoms with E-state index < -0.39 is 5.92 Å². The highest BCUT2D eigenvalue weighted by Gasteiger charge is 2.29. The molecule has 0 saturated heterocycles. The predicted octanol–water partition coefficient (Wildman–Crippen LogP) is 8.10. The van der Waals surface area contributed by atoms with Gasteiger partial charge < -0.3 is 10.2 Å². The Bertz CT molecular complexity index is 1650. The molecule has 0 spiro atoms. The Balaban J connectivity index is 1.46. The quantitative estimate of drug-likeness (QED) is 0.174. The molecule has 1 aromatic heterocycles. The van der Waals surface area contributed by atoms with E-state index in [9.17, 15) is 9.59 Å². The van der Waals surface area contributed by atoms with Gasteiger partial charge in [0.25, 0.3) is 0 Å². The molecular formula is C35H32Cl2N4O2. The molecule has 0 bridgehead atoms. The lowest BCUT2D eigenvalue weighted by molar-refractivity contribution is -0.135. The van der Waals surface area contributed by atoms with Crippen molar-refractivity contribution in [3.8, 4) is 16.9 Å². The topological polar surface area (TPSA) is 67.2 Å². The van der Waals surface area contributed by atoms with Gasteiger partial charge in [0, 0.05) is 18.2 Å². The van der Waals surface area contributed by atoms with Crippen molar-refractivity contribution in [1.82, 2.24) is 14.7 Å². The van der Waals surface area contributed by atoms with Gasteiger partial charge in [-0.25, -0.2) is 4.68 Å². The van der Waals surface area contributed by atoms with Crippen LogP contribution in [-0.2, 0) is 9.59 Å². The van der Waals surface area contributed by atoms with Gasteiger partial charge in [-0.2, -0.15) is 5.10 Å². The normalized spacial score (nSPS) is 11.1. The number of nitrogens with one attached hydrogen (secondary N) is 1. The minimum Gasteiger partial charge on any atom is -0.332 e. The molecule has 5 rings (SSSR count). The van der Waals surface area contributed by atoms with Gasteiger partial charge in [-0.3, -0.25) is 9.59 Å². The van der Waals surface area contributed by atoms with Crippen molar-refractivity contribution in [2.45, 2.75) is 19.8 Å². The first-order valence-corrected chi connectivity index (χ1v) is 14.8. The number of hydrogen-bond donors (Lipinski definition) is 1. The third-order valence-corrected chi connectivity index (χ3v) is 7.68. The molecule has 1 heterocycles. The lowest BCUT2D eigenvalue weighted by Crippen LogP contribution is -2.43. The third-order valence-electron chi connectivity index (χ3n) is 6.94. The molecule has 0 unspecified atom stereocenters.